The molecule has 1 N–H and O–H groups in total. The van der Waals surface area contributed by atoms with E-state index in [2.05, 4.69) is 17.5 Å². The summed E-state index contributed by atoms with van der Waals surface area (Å²) in [6.45, 7) is 4.29. The Morgan fingerprint density at radius 3 is 2.80 bits per heavy atom. The number of allylic oxidation sites excluding steroid dienone is 2. The van der Waals surface area contributed by atoms with E-state index in [-0.39, 0.29) is 0 Å². The summed E-state index contributed by atoms with van der Waals surface area (Å²) in [5.74, 6) is 1.64. The maximum absolute atomic E-state index is 5.47. The van der Waals surface area contributed by atoms with Gasteiger partial charge in [0.25, 0.3) is 0 Å². The van der Waals surface area contributed by atoms with Crippen molar-refractivity contribution in [2.45, 2.75) is 32.1 Å². The van der Waals surface area contributed by atoms with E-state index in [1.807, 2.05) is 0 Å². The second-order valence-electron chi connectivity index (χ2n) is 4.89. The molecule has 1 aliphatic heterocycles. The van der Waals surface area contributed by atoms with Crippen molar-refractivity contribution < 1.29 is 4.74 Å². The first-order valence-corrected chi connectivity index (χ1v) is 6.38. The third-order valence-corrected chi connectivity index (χ3v) is 3.50. The third kappa shape index (κ3) is 3.96. The van der Waals surface area contributed by atoms with Crippen LogP contribution in [-0.2, 0) is 4.74 Å². The predicted molar refractivity (Wildman–Crippen MR) is 62.9 cm³/mol. The standard InChI is InChI=1S/C13H23NO/c1-2-5-12(6-3-1)9-14-10-13-7-4-8-15-11-13/h1-2,12-14H,3-11H2. The molecule has 0 aromatic heterocycles. The van der Waals surface area contributed by atoms with Crippen LogP contribution in [0.1, 0.15) is 32.1 Å². The smallest absolute Gasteiger partial charge is 0.0506 e. The number of nitrogens with one attached hydrogen (secondary N) is 1. The summed E-state index contributed by atoms with van der Waals surface area (Å²) in [6.07, 6.45) is 11.2. The van der Waals surface area contributed by atoms with E-state index >= 15 is 0 Å². The fourth-order valence-corrected chi connectivity index (χ4v) is 2.50. The lowest BCUT2D eigenvalue weighted by molar-refractivity contribution is 0.0545. The van der Waals surface area contributed by atoms with Crippen LogP contribution in [0.4, 0.5) is 0 Å². The molecular formula is C13H23NO. The van der Waals surface area contributed by atoms with Gasteiger partial charge in [0, 0.05) is 13.2 Å². The van der Waals surface area contributed by atoms with E-state index in [1.54, 1.807) is 0 Å². The minimum atomic E-state index is 0.762. The van der Waals surface area contributed by atoms with Crippen LogP contribution in [-0.4, -0.2) is 26.3 Å². The molecule has 2 atom stereocenters. The highest BCUT2D eigenvalue weighted by molar-refractivity contribution is 4.90. The van der Waals surface area contributed by atoms with Crippen molar-refractivity contribution in [1.29, 1.82) is 0 Å². The van der Waals surface area contributed by atoms with E-state index in [4.69, 9.17) is 4.74 Å². The average molecular weight is 209 g/mol. The lowest BCUT2D eigenvalue weighted by Gasteiger charge is -2.24. The fraction of sp³-hybridized carbons (Fsp3) is 0.846. The quantitative estimate of drug-likeness (QED) is 0.718. The molecule has 0 bridgehead atoms. The largest absolute Gasteiger partial charge is 0.381 e. The van der Waals surface area contributed by atoms with Gasteiger partial charge in [-0.05, 0) is 50.5 Å². The molecule has 86 valence electrons. The maximum atomic E-state index is 5.47. The van der Waals surface area contributed by atoms with Gasteiger partial charge in [0.2, 0.25) is 0 Å². The Balaban J connectivity index is 1.55. The summed E-state index contributed by atoms with van der Waals surface area (Å²) in [5, 5.41) is 3.61. The van der Waals surface area contributed by atoms with Crippen molar-refractivity contribution in [2.24, 2.45) is 11.8 Å². The summed E-state index contributed by atoms with van der Waals surface area (Å²) < 4.78 is 5.47. The van der Waals surface area contributed by atoms with E-state index in [9.17, 15) is 0 Å². The Bertz CT molecular complexity index is 197. The van der Waals surface area contributed by atoms with Gasteiger partial charge in [-0.25, -0.2) is 0 Å². The minimum Gasteiger partial charge on any atom is -0.381 e. The van der Waals surface area contributed by atoms with Crippen molar-refractivity contribution in [3.63, 3.8) is 0 Å². The van der Waals surface area contributed by atoms with Crippen LogP contribution in [0.25, 0.3) is 0 Å². The van der Waals surface area contributed by atoms with Crippen LogP contribution in [0, 0.1) is 11.8 Å². The van der Waals surface area contributed by atoms with Gasteiger partial charge in [-0.1, -0.05) is 12.2 Å². The molecule has 0 amide bonds. The number of hydrogen-bond acceptors (Lipinski definition) is 2. The highest BCUT2D eigenvalue weighted by Gasteiger charge is 2.14. The van der Waals surface area contributed by atoms with Crippen molar-refractivity contribution in [2.75, 3.05) is 26.3 Å². The molecule has 15 heavy (non-hydrogen) atoms. The van der Waals surface area contributed by atoms with E-state index in [1.165, 1.54) is 38.6 Å². The highest BCUT2D eigenvalue weighted by atomic mass is 16.5. The van der Waals surface area contributed by atoms with Crippen LogP contribution in [0.5, 0.6) is 0 Å². The molecule has 1 fully saturated rings. The molecule has 1 saturated heterocycles. The third-order valence-electron chi connectivity index (χ3n) is 3.50. The van der Waals surface area contributed by atoms with Gasteiger partial charge in [-0.15, -0.1) is 0 Å². The summed E-state index contributed by atoms with van der Waals surface area (Å²) in [7, 11) is 0. The summed E-state index contributed by atoms with van der Waals surface area (Å²) >= 11 is 0. The number of hydrogen-bond donors (Lipinski definition) is 1. The topological polar surface area (TPSA) is 21.3 Å². The molecule has 0 aromatic carbocycles. The summed E-state index contributed by atoms with van der Waals surface area (Å²) in [4.78, 5) is 0. The van der Waals surface area contributed by atoms with Gasteiger partial charge in [0.05, 0.1) is 6.61 Å². The predicted octanol–water partition coefficient (Wildman–Crippen LogP) is 2.36. The zero-order valence-electron chi connectivity index (χ0n) is 9.58. The van der Waals surface area contributed by atoms with Gasteiger partial charge in [-0.3, -0.25) is 0 Å². The van der Waals surface area contributed by atoms with Crippen molar-refractivity contribution >= 4 is 0 Å². The molecule has 2 unspecified atom stereocenters. The summed E-state index contributed by atoms with van der Waals surface area (Å²) in [5.41, 5.74) is 0. The van der Waals surface area contributed by atoms with Crippen LogP contribution in [0.2, 0.25) is 0 Å². The Morgan fingerprint density at radius 1 is 1.13 bits per heavy atom. The zero-order chi connectivity index (χ0) is 10.3. The van der Waals surface area contributed by atoms with E-state index < -0.39 is 0 Å². The number of rotatable bonds is 4. The van der Waals surface area contributed by atoms with Gasteiger partial charge >= 0.3 is 0 Å². The van der Waals surface area contributed by atoms with Crippen LogP contribution in [0.3, 0.4) is 0 Å². The van der Waals surface area contributed by atoms with E-state index in [0.717, 1.165) is 31.6 Å². The molecule has 2 nitrogen and oxygen atoms in total. The van der Waals surface area contributed by atoms with Gasteiger partial charge in [-0.2, -0.15) is 0 Å². The van der Waals surface area contributed by atoms with Crippen molar-refractivity contribution in [3.05, 3.63) is 12.2 Å². The average Bonchev–Trinajstić information content (AvgIpc) is 2.32. The Morgan fingerprint density at radius 2 is 2.07 bits per heavy atom. The molecule has 2 rings (SSSR count). The highest BCUT2D eigenvalue weighted by Crippen LogP contribution is 2.17. The monoisotopic (exact) mass is 209 g/mol. The molecule has 2 aliphatic rings. The lowest BCUT2D eigenvalue weighted by atomic mass is 9.94. The minimum absolute atomic E-state index is 0.762. The first kappa shape index (κ1) is 11.2. The maximum Gasteiger partial charge on any atom is 0.0506 e. The molecule has 1 heterocycles. The van der Waals surface area contributed by atoms with Crippen LogP contribution in [0.15, 0.2) is 12.2 Å². The molecular weight excluding hydrogens is 186 g/mol. The molecule has 0 saturated carbocycles. The Kier molecular flexibility index (Phi) is 4.68. The first-order valence-electron chi connectivity index (χ1n) is 6.38. The van der Waals surface area contributed by atoms with Gasteiger partial charge in [0.1, 0.15) is 0 Å². The normalized spacial score (nSPS) is 31.7. The van der Waals surface area contributed by atoms with E-state index in [0.29, 0.717) is 0 Å². The molecule has 0 aromatic rings. The van der Waals surface area contributed by atoms with Gasteiger partial charge in [0.15, 0.2) is 0 Å². The SMILES string of the molecule is C1=CCC(CNCC2CCCOC2)CC1. The Hall–Kier alpha value is -0.340. The summed E-state index contributed by atoms with van der Waals surface area (Å²) in [6, 6.07) is 0. The lowest BCUT2D eigenvalue weighted by Crippen LogP contribution is -2.32. The Labute approximate surface area is 93.1 Å². The molecule has 0 radical (unpaired) electrons. The zero-order valence-corrected chi connectivity index (χ0v) is 9.58. The fourth-order valence-electron chi connectivity index (χ4n) is 2.50. The second kappa shape index (κ2) is 6.29. The second-order valence-corrected chi connectivity index (χ2v) is 4.89. The number of ether oxygens (including phenoxy) is 1. The van der Waals surface area contributed by atoms with Crippen molar-refractivity contribution in [3.8, 4) is 0 Å². The van der Waals surface area contributed by atoms with Crippen LogP contribution < -0.4 is 5.32 Å². The molecule has 1 aliphatic carbocycles. The van der Waals surface area contributed by atoms with Gasteiger partial charge < -0.3 is 10.1 Å². The molecule has 2 heteroatoms. The molecule has 0 spiro atoms. The van der Waals surface area contributed by atoms with Crippen LogP contribution >= 0.6 is 0 Å². The van der Waals surface area contributed by atoms with Crippen molar-refractivity contribution in [1.82, 2.24) is 5.32 Å². The first-order chi connectivity index (χ1) is 7.45.